The zero-order chi connectivity index (χ0) is 27.6. The van der Waals surface area contributed by atoms with Crippen molar-refractivity contribution in [3.63, 3.8) is 0 Å². The van der Waals surface area contributed by atoms with Gasteiger partial charge in [0.1, 0.15) is 17.9 Å². The summed E-state index contributed by atoms with van der Waals surface area (Å²) in [7, 11) is -0.824. The van der Waals surface area contributed by atoms with Gasteiger partial charge in [0.25, 0.3) is 0 Å². The van der Waals surface area contributed by atoms with Crippen molar-refractivity contribution < 1.29 is 9.30 Å². The van der Waals surface area contributed by atoms with E-state index in [0.717, 1.165) is 41.5 Å². The van der Waals surface area contributed by atoms with Crippen LogP contribution in [0.4, 0.5) is 23.1 Å². The summed E-state index contributed by atoms with van der Waals surface area (Å²) in [5.41, 5.74) is 3.96. The lowest BCUT2D eigenvalue weighted by molar-refractivity contribution is 0.0827. The molecule has 2 atom stereocenters. The number of nitrogens with zero attached hydrogens (tertiary/aromatic N) is 2. The quantitative estimate of drug-likeness (QED) is 0.217. The van der Waals surface area contributed by atoms with Gasteiger partial charge >= 0.3 is 0 Å². The van der Waals surface area contributed by atoms with Gasteiger partial charge in [-0.2, -0.15) is 4.98 Å². The summed E-state index contributed by atoms with van der Waals surface area (Å²) in [6, 6.07) is 12.4. The Morgan fingerprint density at radius 2 is 1.87 bits per heavy atom. The maximum atomic E-state index is 12.8. The fourth-order valence-corrected chi connectivity index (χ4v) is 6.98. The van der Waals surface area contributed by atoms with Crippen LogP contribution in [0.1, 0.15) is 43.2 Å². The fourth-order valence-electron chi connectivity index (χ4n) is 5.68. The van der Waals surface area contributed by atoms with Gasteiger partial charge in [0, 0.05) is 11.3 Å². The number of rotatable bonds is 11. The van der Waals surface area contributed by atoms with Crippen molar-refractivity contribution in [2.75, 3.05) is 37.6 Å². The van der Waals surface area contributed by atoms with E-state index in [2.05, 4.69) is 45.0 Å². The highest BCUT2D eigenvalue weighted by Gasteiger charge is 2.38. The summed E-state index contributed by atoms with van der Waals surface area (Å²) in [5, 5.41) is 11.5. The van der Waals surface area contributed by atoms with Gasteiger partial charge in [0.2, 0.25) is 5.95 Å². The Labute approximate surface area is 236 Å². The van der Waals surface area contributed by atoms with Crippen LogP contribution in [0.15, 0.2) is 42.6 Å². The first-order valence-corrected chi connectivity index (χ1v) is 16.8. The number of hydrogen-bond acceptors (Lipinski definition) is 7. The average molecular weight is 568 g/mol. The number of aryl methyl sites for hydroxylation is 1. The molecular weight excluding hydrogens is 529 g/mol. The molecule has 3 N–H and O–H groups in total. The van der Waals surface area contributed by atoms with Crippen LogP contribution in [0.25, 0.3) is 0 Å². The first kappa shape index (κ1) is 27.9. The number of para-hydroxylation sites is 1. The molecule has 0 saturated heterocycles. The first-order chi connectivity index (χ1) is 18.7. The smallest absolute Gasteiger partial charge is 0.229 e. The van der Waals surface area contributed by atoms with E-state index in [1.165, 1.54) is 43.2 Å². The van der Waals surface area contributed by atoms with Crippen LogP contribution < -0.4 is 26.0 Å². The monoisotopic (exact) mass is 567 g/mol. The second kappa shape index (κ2) is 11.9. The molecule has 2 aliphatic carbocycles. The minimum Gasteiger partial charge on any atom is -0.495 e. The second-order valence-corrected chi connectivity index (χ2v) is 14.8. The van der Waals surface area contributed by atoms with Crippen LogP contribution in [-0.2, 0) is 11.0 Å². The molecule has 9 heteroatoms. The number of methoxy groups -OCH3 is 1. The summed E-state index contributed by atoms with van der Waals surface area (Å²) in [6.45, 7) is 6.59. The molecule has 7 nitrogen and oxygen atoms in total. The SMILES string of the molecule is COc1cc(CCNC2CCC2C2CCC2)c(C)cc1Nc1ncc(Cl)c(Nc2ccccc2P(C)(C)=O)n1. The molecule has 0 amide bonds. The predicted molar refractivity (Wildman–Crippen MR) is 162 cm³/mol. The maximum Gasteiger partial charge on any atom is 0.229 e. The summed E-state index contributed by atoms with van der Waals surface area (Å²) >= 11 is 6.43. The predicted octanol–water partition coefficient (Wildman–Crippen LogP) is 6.89. The van der Waals surface area contributed by atoms with Gasteiger partial charge in [-0.1, -0.05) is 43.0 Å². The molecule has 2 aromatic carbocycles. The lowest BCUT2D eigenvalue weighted by Gasteiger charge is -2.46. The second-order valence-electron chi connectivity index (χ2n) is 11.2. The van der Waals surface area contributed by atoms with Crippen LogP contribution in [-0.4, -0.2) is 43.0 Å². The Morgan fingerprint density at radius 3 is 2.54 bits per heavy atom. The summed E-state index contributed by atoms with van der Waals surface area (Å²) < 4.78 is 18.5. The lowest BCUT2D eigenvalue weighted by Crippen LogP contribution is -2.49. The van der Waals surface area contributed by atoms with Gasteiger partial charge in [-0.3, -0.25) is 0 Å². The molecule has 2 aliphatic rings. The van der Waals surface area contributed by atoms with E-state index in [1.54, 1.807) is 26.6 Å². The normalized spacial score (nSPS) is 19.2. The van der Waals surface area contributed by atoms with Gasteiger partial charge in [-0.15, -0.1) is 0 Å². The standard InChI is InChI=1S/C30H39ClN5O2P/c1-19-16-26(27(38-2)17-21(19)14-15-32-24-13-12-22(24)20-8-7-9-20)35-30-33-18-23(31)29(36-30)34-25-10-5-6-11-28(25)39(3,4)37/h5-6,10-11,16-18,20,22,24,32H,7-9,12-15H2,1-4H3,(H2,33,34,35,36). The minimum atomic E-state index is -2.50. The fraction of sp³-hybridized carbons (Fsp3) is 0.467. The van der Waals surface area contributed by atoms with Crippen molar-refractivity contribution in [3.05, 3.63) is 58.7 Å². The largest absolute Gasteiger partial charge is 0.495 e. The molecule has 1 heterocycles. The Balaban J connectivity index is 1.27. The Morgan fingerprint density at radius 1 is 1.08 bits per heavy atom. The van der Waals surface area contributed by atoms with Crippen LogP contribution in [0, 0.1) is 18.8 Å². The molecule has 0 bridgehead atoms. The molecule has 2 fully saturated rings. The van der Waals surface area contributed by atoms with E-state index < -0.39 is 7.14 Å². The van der Waals surface area contributed by atoms with Crippen LogP contribution in [0.3, 0.4) is 0 Å². The topological polar surface area (TPSA) is 88.2 Å². The van der Waals surface area contributed by atoms with Gasteiger partial charge in [-0.05, 0) is 93.3 Å². The highest BCUT2D eigenvalue weighted by Crippen LogP contribution is 2.44. The summed E-state index contributed by atoms with van der Waals surface area (Å²) in [4.78, 5) is 8.99. The highest BCUT2D eigenvalue weighted by molar-refractivity contribution is 7.70. The Bertz CT molecular complexity index is 1370. The van der Waals surface area contributed by atoms with Gasteiger partial charge in [-0.25, -0.2) is 4.98 Å². The molecule has 2 unspecified atom stereocenters. The molecule has 5 rings (SSSR count). The molecular formula is C30H39ClN5O2P. The zero-order valence-corrected chi connectivity index (χ0v) is 24.9. The van der Waals surface area contributed by atoms with E-state index in [-0.39, 0.29) is 0 Å². The van der Waals surface area contributed by atoms with Gasteiger partial charge in [0.05, 0.1) is 24.7 Å². The molecule has 0 radical (unpaired) electrons. The van der Waals surface area contributed by atoms with Crippen molar-refractivity contribution in [1.29, 1.82) is 0 Å². The lowest BCUT2D eigenvalue weighted by atomic mass is 9.64. The first-order valence-electron chi connectivity index (χ1n) is 13.8. The molecule has 1 aromatic heterocycles. The molecule has 2 saturated carbocycles. The number of benzene rings is 2. The molecule has 208 valence electrons. The Hall–Kier alpha value is -2.60. The van der Waals surface area contributed by atoms with Crippen LogP contribution >= 0.6 is 18.7 Å². The van der Waals surface area contributed by atoms with Crippen LogP contribution in [0.5, 0.6) is 5.75 Å². The maximum absolute atomic E-state index is 12.8. The molecule has 39 heavy (non-hydrogen) atoms. The Kier molecular flexibility index (Phi) is 8.51. The molecule has 3 aromatic rings. The third kappa shape index (κ3) is 6.42. The van der Waals surface area contributed by atoms with E-state index >= 15 is 0 Å². The molecule has 0 aliphatic heterocycles. The summed E-state index contributed by atoms with van der Waals surface area (Å²) in [6.07, 6.45) is 9.48. The van der Waals surface area contributed by atoms with E-state index in [1.807, 2.05) is 24.3 Å². The van der Waals surface area contributed by atoms with E-state index in [0.29, 0.717) is 28.5 Å². The number of nitrogens with one attached hydrogen (secondary N) is 3. The van der Waals surface area contributed by atoms with E-state index in [4.69, 9.17) is 16.3 Å². The average Bonchev–Trinajstić information content (AvgIpc) is 2.86. The van der Waals surface area contributed by atoms with Crippen molar-refractivity contribution in [2.24, 2.45) is 11.8 Å². The van der Waals surface area contributed by atoms with Crippen molar-refractivity contribution in [3.8, 4) is 5.75 Å². The zero-order valence-electron chi connectivity index (χ0n) is 23.3. The number of halogens is 1. The third-order valence-corrected chi connectivity index (χ3v) is 10.1. The minimum absolute atomic E-state index is 0.370. The number of ether oxygens (including phenoxy) is 1. The number of anilines is 4. The van der Waals surface area contributed by atoms with E-state index in [9.17, 15) is 4.57 Å². The van der Waals surface area contributed by atoms with Crippen molar-refractivity contribution in [1.82, 2.24) is 15.3 Å². The summed E-state index contributed by atoms with van der Waals surface area (Å²) in [5.74, 6) is 3.41. The van der Waals surface area contributed by atoms with Crippen molar-refractivity contribution in [2.45, 2.75) is 51.5 Å². The van der Waals surface area contributed by atoms with Crippen LogP contribution in [0.2, 0.25) is 5.02 Å². The van der Waals surface area contributed by atoms with Gasteiger partial charge in [0.15, 0.2) is 5.82 Å². The number of hydrogen-bond donors (Lipinski definition) is 3. The highest BCUT2D eigenvalue weighted by atomic mass is 35.5. The van der Waals surface area contributed by atoms with Gasteiger partial charge < -0.3 is 25.3 Å². The third-order valence-electron chi connectivity index (χ3n) is 8.27. The van der Waals surface area contributed by atoms with Crippen molar-refractivity contribution >= 4 is 47.2 Å². The molecule has 0 spiro atoms. The number of aromatic nitrogens is 2.